The zero-order valence-electron chi connectivity index (χ0n) is 14.3. The minimum absolute atomic E-state index is 0.0399. The third-order valence-electron chi connectivity index (χ3n) is 3.92. The van der Waals surface area contributed by atoms with Crippen molar-refractivity contribution in [2.24, 2.45) is 0 Å². The van der Waals surface area contributed by atoms with Gasteiger partial charge in [-0.05, 0) is 18.2 Å². The van der Waals surface area contributed by atoms with E-state index < -0.39 is 0 Å². The second-order valence-electron chi connectivity index (χ2n) is 5.91. The standard InChI is InChI=1S/C17H23ClN4O3/c1-13(23)19-5-6-20-16(24)12-21-7-9-22(10-8-21)17(25)14-3-2-4-15(18)11-14/h2-4,11H,5-10,12H2,1H3,(H,19,23)(H,20,24). The molecule has 1 fully saturated rings. The molecule has 1 aliphatic heterocycles. The zero-order chi connectivity index (χ0) is 18.2. The molecule has 0 saturated carbocycles. The third-order valence-corrected chi connectivity index (χ3v) is 4.15. The Labute approximate surface area is 152 Å². The minimum Gasteiger partial charge on any atom is -0.355 e. The van der Waals surface area contributed by atoms with Gasteiger partial charge in [-0.25, -0.2) is 0 Å². The monoisotopic (exact) mass is 366 g/mol. The van der Waals surface area contributed by atoms with E-state index in [0.29, 0.717) is 56.4 Å². The number of piperazine rings is 1. The van der Waals surface area contributed by atoms with Crippen molar-refractivity contribution < 1.29 is 14.4 Å². The third kappa shape index (κ3) is 6.36. The van der Waals surface area contributed by atoms with E-state index in [4.69, 9.17) is 11.6 Å². The molecule has 7 nitrogen and oxygen atoms in total. The predicted molar refractivity (Wildman–Crippen MR) is 95.5 cm³/mol. The van der Waals surface area contributed by atoms with Crippen molar-refractivity contribution in [1.82, 2.24) is 20.4 Å². The van der Waals surface area contributed by atoms with Gasteiger partial charge in [-0.2, -0.15) is 0 Å². The van der Waals surface area contributed by atoms with Gasteiger partial charge in [0.05, 0.1) is 6.54 Å². The molecule has 0 radical (unpaired) electrons. The Balaban J connectivity index is 1.71. The van der Waals surface area contributed by atoms with Crippen molar-refractivity contribution in [2.75, 3.05) is 45.8 Å². The maximum atomic E-state index is 12.4. The molecule has 0 spiro atoms. The van der Waals surface area contributed by atoms with Crippen LogP contribution in [-0.2, 0) is 9.59 Å². The van der Waals surface area contributed by atoms with Crippen LogP contribution < -0.4 is 10.6 Å². The van der Waals surface area contributed by atoms with Crippen molar-refractivity contribution in [3.05, 3.63) is 34.9 Å². The van der Waals surface area contributed by atoms with Crippen LogP contribution in [0.25, 0.3) is 0 Å². The smallest absolute Gasteiger partial charge is 0.253 e. The molecule has 8 heteroatoms. The number of amides is 3. The largest absolute Gasteiger partial charge is 0.355 e. The van der Waals surface area contributed by atoms with Crippen LogP contribution in [0.5, 0.6) is 0 Å². The van der Waals surface area contributed by atoms with Crippen molar-refractivity contribution >= 4 is 29.3 Å². The summed E-state index contributed by atoms with van der Waals surface area (Å²) in [6.45, 7) is 4.99. The fourth-order valence-electron chi connectivity index (χ4n) is 2.61. The van der Waals surface area contributed by atoms with Crippen molar-refractivity contribution in [3.63, 3.8) is 0 Å². The number of carbonyl (C=O) groups is 3. The summed E-state index contributed by atoms with van der Waals surface area (Å²) < 4.78 is 0. The van der Waals surface area contributed by atoms with Gasteiger partial charge in [-0.15, -0.1) is 0 Å². The maximum absolute atomic E-state index is 12.4. The van der Waals surface area contributed by atoms with Gasteiger partial charge in [0.2, 0.25) is 11.8 Å². The summed E-state index contributed by atoms with van der Waals surface area (Å²) in [7, 11) is 0. The molecular formula is C17H23ClN4O3. The van der Waals surface area contributed by atoms with E-state index in [1.807, 2.05) is 4.90 Å². The topological polar surface area (TPSA) is 81.8 Å². The van der Waals surface area contributed by atoms with E-state index in [1.54, 1.807) is 29.2 Å². The lowest BCUT2D eigenvalue weighted by molar-refractivity contribution is -0.123. The first-order chi connectivity index (χ1) is 12.0. The molecule has 0 unspecified atom stereocenters. The number of hydrogen-bond acceptors (Lipinski definition) is 4. The van der Waals surface area contributed by atoms with Crippen molar-refractivity contribution in [1.29, 1.82) is 0 Å². The second kappa shape index (κ2) is 9.39. The fraction of sp³-hybridized carbons (Fsp3) is 0.471. The van der Waals surface area contributed by atoms with E-state index in [1.165, 1.54) is 6.92 Å². The summed E-state index contributed by atoms with van der Waals surface area (Å²) in [4.78, 5) is 38.8. The Morgan fingerprint density at radius 1 is 1.08 bits per heavy atom. The molecule has 136 valence electrons. The average Bonchev–Trinajstić information content (AvgIpc) is 2.58. The van der Waals surface area contributed by atoms with Gasteiger partial charge in [-0.1, -0.05) is 17.7 Å². The van der Waals surface area contributed by atoms with Crippen LogP contribution in [0.15, 0.2) is 24.3 Å². The number of benzene rings is 1. The van der Waals surface area contributed by atoms with Crippen LogP contribution in [0.4, 0.5) is 0 Å². The summed E-state index contributed by atoms with van der Waals surface area (Å²) in [5.41, 5.74) is 0.580. The number of nitrogens with zero attached hydrogens (tertiary/aromatic N) is 2. The summed E-state index contributed by atoms with van der Waals surface area (Å²) in [6, 6.07) is 6.92. The SMILES string of the molecule is CC(=O)NCCNC(=O)CN1CCN(C(=O)c2cccc(Cl)c2)CC1. The molecule has 3 amide bonds. The summed E-state index contributed by atoms with van der Waals surface area (Å²) in [6.07, 6.45) is 0. The van der Waals surface area contributed by atoms with Gasteiger partial charge < -0.3 is 15.5 Å². The van der Waals surface area contributed by atoms with E-state index in [0.717, 1.165) is 0 Å². The highest BCUT2D eigenvalue weighted by Gasteiger charge is 2.23. The Morgan fingerprint density at radius 3 is 2.40 bits per heavy atom. The first-order valence-corrected chi connectivity index (χ1v) is 8.62. The van der Waals surface area contributed by atoms with Crippen LogP contribution in [0.3, 0.4) is 0 Å². The minimum atomic E-state index is -0.116. The van der Waals surface area contributed by atoms with Crippen LogP contribution >= 0.6 is 11.6 Å². The lowest BCUT2D eigenvalue weighted by Crippen LogP contribution is -2.51. The molecule has 2 rings (SSSR count). The van der Waals surface area contributed by atoms with Crippen molar-refractivity contribution in [3.8, 4) is 0 Å². The Morgan fingerprint density at radius 2 is 1.76 bits per heavy atom. The Hall–Kier alpha value is -2.12. The molecule has 1 saturated heterocycles. The molecule has 1 heterocycles. The highest BCUT2D eigenvalue weighted by molar-refractivity contribution is 6.30. The molecule has 1 aromatic rings. The van der Waals surface area contributed by atoms with Crippen LogP contribution in [-0.4, -0.2) is 73.3 Å². The van der Waals surface area contributed by atoms with Gasteiger partial charge in [0.15, 0.2) is 0 Å². The van der Waals surface area contributed by atoms with E-state index >= 15 is 0 Å². The lowest BCUT2D eigenvalue weighted by Gasteiger charge is -2.34. The van der Waals surface area contributed by atoms with Gasteiger partial charge in [0, 0.05) is 56.8 Å². The predicted octanol–water partition coefficient (Wildman–Crippen LogP) is 0.350. The first kappa shape index (κ1) is 19.2. The number of nitrogens with one attached hydrogen (secondary N) is 2. The van der Waals surface area contributed by atoms with Gasteiger partial charge in [-0.3, -0.25) is 19.3 Å². The molecule has 25 heavy (non-hydrogen) atoms. The molecule has 1 aromatic carbocycles. The first-order valence-electron chi connectivity index (χ1n) is 8.24. The van der Waals surface area contributed by atoms with E-state index in [2.05, 4.69) is 10.6 Å². The Bertz CT molecular complexity index is 630. The lowest BCUT2D eigenvalue weighted by atomic mass is 10.2. The van der Waals surface area contributed by atoms with Crippen LogP contribution in [0.1, 0.15) is 17.3 Å². The molecule has 1 aliphatic rings. The van der Waals surface area contributed by atoms with Crippen LogP contribution in [0.2, 0.25) is 5.02 Å². The number of carbonyl (C=O) groups excluding carboxylic acids is 3. The van der Waals surface area contributed by atoms with Gasteiger partial charge in [0.25, 0.3) is 5.91 Å². The summed E-state index contributed by atoms with van der Waals surface area (Å²) in [5, 5.41) is 5.92. The Kier molecular flexibility index (Phi) is 7.21. The molecule has 2 N–H and O–H groups in total. The average molecular weight is 367 g/mol. The van der Waals surface area contributed by atoms with Crippen molar-refractivity contribution in [2.45, 2.75) is 6.92 Å². The second-order valence-corrected chi connectivity index (χ2v) is 6.35. The highest BCUT2D eigenvalue weighted by atomic mass is 35.5. The molecule has 0 atom stereocenters. The molecule has 0 aromatic heterocycles. The number of rotatable bonds is 6. The number of hydrogen-bond donors (Lipinski definition) is 2. The van der Waals surface area contributed by atoms with Crippen LogP contribution in [0, 0.1) is 0 Å². The highest BCUT2D eigenvalue weighted by Crippen LogP contribution is 2.14. The van der Waals surface area contributed by atoms with Gasteiger partial charge >= 0.3 is 0 Å². The zero-order valence-corrected chi connectivity index (χ0v) is 15.0. The molecular weight excluding hydrogens is 344 g/mol. The van der Waals surface area contributed by atoms with E-state index in [-0.39, 0.29) is 17.7 Å². The fourth-order valence-corrected chi connectivity index (χ4v) is 2.80. The summed E-state index contributed by atoms with van der Waals surface area (Å²) >= 11 is 5.93. The van der Waals surface area contributed by atoms with Gasteiger partial charge in [0.1, 0.15) is 0 Å². The quantitative estimate of drug-likeness (QED) is 0.712. The van der Waals surface area contributed by atoms with E-state index in [9.17, 15) is 14.4 Å². The molecule has 0 bridgehead atoms. The summed E-state index contributed by atoms with van der Waals surface area (Å²) in [5.74, 6) is -0.239. The number of halogens is 1. The molecule has 0 aliphatic carbocycles. The normalized spacial score (nSPS) is 14.9. The maximum Gasteiger partial charge on any atom is 0.253 e.